The van der Waals surface area contributed by atoms with Gasteiger partial charge < -0.3 is 29.5 Å². The van der Waals surface area contributed by atoms with Crippen LogP contribution >= 0.6 is 11.8 Å². The number of β-lactam (4-membered cyclic amide) rings is 1. The summed E-state index contributed by atoms with van der Waals surface area (Å²) in [6, 6.07) is 7.80. The number of methoxy groups -OCH3 is 1. The molecule has 0 radical (unpaired) electrons. The van der Waals surface area contributed by atoms with Crippen molar-refractivity contribution in [3.63, 3.8) is 0 Å². The Morgan fingerprint density at radius 1 is 1.26 bits per heavy atom. The molecule has 2 N–H and O–H groups in total. The summed E-state index contributed by atoms with van der Waals surface area (Å²) in [4.78, 5) is 40.4. The van der Waals surface area contributed by atoms with Gasteiger partial charge in [-0.15, -0.1) is 11.8 Å². The van der Waals surface area contributed by atoms with E-state index in [1.165, 1.54) is 23.8 Å². The van der Waals surface area contributed by atoms with Gasteiger partial charge in [0.1, 0.15) is 23.1 Å². The van der Waals surface area contributed by atoms with Gasteiger partial charge in [-0.05, 0) is 33.3 Å². The number of hydrogen-bond donors (Lipinski definition) is 2. The zero-order valence-electron chi connectivity index (χ0n) is 20.0. The highest BCUT2D eigenvalue weighted by molar-refractivity contribution is 8.01. The third-order valence-electron chi connectivity index (χ3n) is 6.88. The van der Waals surface area contributed by atoms with Gasteiger partial charge >= 0.3 is 5.97 Å². The summed E-state index contributed by atoms with van der Waals surface area (Å²) >= 11 is 1.47. The Hall–Kier alpha value is -2.14. The summed E-state index contributed by atoms with van der Waals surface area (Å²) in [5.41, 5.74) is -0.0748. The molecule has 3 heterocycles. The lowest BCUT2D eigenvalue weighted by molar-refractivity contribution is -0.271. The van der Waals surface area contributed by atoms with Crippen LogP contribution in [0.2, 0.25) is 0 Å². The van der Waals surface area contributed by atoms with E-state index in [1.807, 2.05) is 44.2 Å². The molecule has 0 saturated carbocycles. The third kappa shape index (κ3) is 4.44. The van der Waals surface area contributed by atoms with Gasteiger partial charge in [-0.1, -0.05) is 30.3 Å². The predicted molar refractivity (Wildman–Crippen MR) is 125 cm³/mol. The van der Waals surface area contributed by atoms with Gasteiger partial charge in [0, 0.05) is 18.3 Å². The van der Waals surface area contributed by atoms with Crippen LogP contribution in [0.4, 0.5) is 0 Å². The SMILES string of the molecule is CO[C@]1(C)C[C@H](O)O[C@@H](C)[C@@H]1OC(=O)C1N2C(=O)C(NC(=O)Cc3ccccc3)C2SC1(C)C. The van der Waals surface area contributed by atoms with Crippen LogP contribution in [-0.4, -0.2) is 81.2 Å². The Morgan fingerprint density at radius 2 is 1.94 bits per heavy atom. The highest BCUT2D eigenvalue weighted by Gasteiger charge is 2.65. The molecule has 0 aromatic heterocycles. The zero-order chi connectivity index (χ0) is 24.8. The average Bonchev–Trinajstić information content (AvgIpc) is 3.03. The molecule has 3 aliphatic heterocycles. The van der Waals surface area contributed by atoms with E-state index in [1.54, 1.807) is 13.8 Å². The molecule has 3 aliphatic rings. The van der Waals surface area contributed by atoms with Crippen LogP contribution in [-0.2, 0) is 35.0 Å². The second-order valence-electron chi connectivity index (χ2n) is 9.84. The number of carbonyl (C=O) groups is 3. The Kier molecular flexibility index (Phi) is 6.71. The fourth-order valence-electron chi connectivity index (χ4n) is 5.07. The van der Waals surface area contributed by atoms with Gasteiger partial charge in [-0.2, -0.15) is 0 Å². The van der Waals surface area contributed by atoms with E-state index < -0.39 is 46.9 Å². The van der Waals surface area contributed by atoms with Crippen molar-refractivity contribution >= 4 is 29.5 Å². The first-order valence-electron chi connectivity index (χ1n) is 11.4. The summed E-state index contributed by atoms with van der Waals surface area (Å²) in [5.74, 6) is -1.09. The number of amides is 2. The minimum absolute atomic E-state index is 0.148. The number of nitrogens with zero attached hydrogens (tertiary/aromatic N) is 1. The molecule has 2 amide bonds. The van der Waals surface area contributed by atoms with E-state index in [2.05, 4.69) is 5.32 Å². The van der Waals surface area contributed by atoms with Crippen LogP contribution in [0.15, 0.2) is 30.3 Å². The van der Waals surface area contributed by atoms with E-state index in [0.29, 0.717) is 0 Å². The smallest absolute Gasteiger partial charge is 0.330 e. The minimum Gasteiger partial charge on any atom is -0.455 e. The fraction of sp³-hybridized carbons (Fsp3) is 0.625. The van der Waals surface area contributed by atoms with Crippen LogP contribution in [0.5, 0.6) is 0 Å². The third-order valence-corrected chi connectivity index (χ3v) is 8.45. The number of aliphatic hydroxyl groups excluding tert-OH is 1. The van der Waals surface area contributed by atoms with E-state index in [9.17, 15) is 19.5 Å². The number of benzene rings is 1. The van der Waals surface area contributed by atoms with Crippen molar-refractivity contribution in [3.8, 4) is 0 Å². The quantitative estimate of drug-likeness (QED) is 0.450. The van der Waals surface area contributed by atoms with Crippen molar-refractivity contribution in [2.75, 3.05) is 7.11 Å². The highest BCUT2D eigenvalue weighted by Crippen LogP contribution is 2.51. The standard InChI is InChI=1S/C24H32N2O7S/c1-13-19(24(4,31-5)12-16(28)32-13)33-22(30)18-23(2,3)34-21-17(20(29)26(18)21)25-15(27)11-14-9-7-6-8-10-14/h6-10,13,16-19,21,28H,11-12H2,1-5H3,(H,25,27)/t13-,16+,17?,18?,19-,21?,24+/m0/s1. The largest absolute Gasteiger partial charge is 0.455 e. The summed E-state index contributed by atoms with van der Waals surface area (Å²) in [6.07, 6.45) is -2.04. The maximum absolute atomic E-state index is 13.4. The molecule has 34 heavy (non-hydrogen) atoms. The molecule has 4 rings (SSSR count). The van der Waals surface area contributed by atoms with Crippen LogP contribution in [0.3, 0.4) is 0 Å². The van der Waals surface area contributed by atoms with E-state index in [-0.39, 0.29) is 30.0 Å². The lowest BCUT2D eigenvalue weighted by atomic mass is 9.88. The average molecular weight is 493 g/mol. The van der Waals surface area contributed by atoms with Gasteiger partial charge in [-0.25, -0.2) is 4.79 Å². The number of esters is 1. The number of fused-ring (bicyclic) bond motifs is 1. The zero-order valence-corrected chi connectivity index (χ0v) is 20.8. The Bertz CT molecular complexity index is 958. The first-order chi connectivity index (χ1) is 16.0. The van der Waals surface area contributed by atoms with Crippen molar-refractivity contribution in [2.24, 2.45) is 0 Å². The first-order valence-corrected chi connectivity index (χ1v) is 12.3. The molecule has 10 heteroatoms. The monoisotopic (exact) mass is 492 g/mol. The van der Waals surface area contributed by atoms with Crippen molar-refractivity contribution in [3.05, 3.63) is 35.9 Å². The maximum atomic E-state index is 13.4. The normalized spacial score (nSPS) is 36.4. The number of hydrogen-bond acceptors (Lipinski definition) is 8. The second kappa shape index (κ2) is 9.14. The van der Waals surface area contributed by atoms with E-state index in [4.69, 9.17) is 14.2 Å². The lowest BCUT2D eigenvalue weighted by Gasteiger charge is -2.47. The van der Waals surface area contributed by atoms with Gasteiger partial charge in [0.05, 0.1) is 12.5 Å². The summed E-state index contributed by atoms with van der Waals surface area (Å²) in [5, 5.41) is 12.5. The molecule has 7 atom stereocenters. The Labute approximate surface area is 203 Å². The predicted octanol–water partition coefficient (Wildman–Crippen LogP) is 1.22. The van der Waals surface area contributed by atoms with Gasteiger partial charge in [0.2, 0.25) is 11.8 Å². The molecule has 3 fully saturated rings. The molecule has 3 unspecified atom stereocenters. The number of thioether (sulfide) groups is 1. The number of carbonyl (C=O) groups excluding carboxylic acids is 3. The summed E-state index contributed by atoms with van der Waals surface area (Å²) in [7, 11) is 1.50. The van der Waals surface area contributed by atoms with Crippen molar-refractivity contribution in [2.45, 2.75) is 86.8 Å². The first kappa shape index (κ1) is 25.0. The molecule has 0 bridgehead atoms. The fourth-order valence-corrected chi connectivity index (χ4v) is 6.69. The van der Waals surface area contributed by atoms with Gasteiger partial charge in [-0.3, -0.25) is 9.59 Å². The molecule has 186 valence electrons. The molecular formula is C24H32N2O7S. The molecule has 0 spiro atoms. The molecule has 1 aromatic rings. The Morgan fingerprint density at radius 3 is 2.59 bits per heavy atom. The molecular weight excluding hydrogens is 460 g/mol. The minimum atomic E-state index is -1.02. The molecule has 3 saturated heterocycles. The van der Waals surface area contributed by atoms with Crippen LogP contribution < -0.4 is 5.32 Å². The Balaban J connectivity index is 1.44. The van der Waals surface area contributed by atoms with Gasteiger partial charge in [0.25, 0.3) is 0 Å². The van der Waals surface area contributed by atoms with Crippen molar-refractivity contribution in [1.29, 1.82) is 0 Å². The molecule has 9 nitrogen and oxygen atoms in total. The van der Waals surface area contributed by atoms with E-state index >= 15 is 0 Å². The summed E-state index contributed by atoms with van der Waals surface area (Å²) < 4.78 is 16.3. The van der Waals surface area contributed by atoms with Crippen LogP contribution in [0.1, 0.15) is 39.7 Å². The van der Waals surface area contributed by atoms with Crippen LogP contribution in [0.25, 0.3) is 0 Å². The van der Waals surface area contributed by atoms with Crippen molar-refractivity contribution < 1.29 is 33.7 Å². The number of rotatable bonds is 6. The number of aliphatic hydroxyl groups is 1. The molecule has 0 aliphatic carbocycles. The number of ether oxygens (including phenoxy) is 3. The number of nitrogens with one attached hydrogen (secondary N) is 1. The molecule has 1 aromatic carbocycles. The van der Waals surface area contributed by atoms with Crippen LogP contribution in [0, 0.1) is 0 Å². The maximum Gasteiger partial charge on any atom is 0.330 e. The highest BCUT2D eigenvalue weighted by atomic mass is 32.2. The van der Waals surface area contributed by atoms with Crippen molar-refractivity contribution in [1.82, 2.24) is 10.2 Å². The second-order valence-corrected chi connectivity index (χ2v) is 11.6. The van der Waals surface area contributed by atoms with E-state index in [0.717, 1.165) is 5.56 Å². The summed E-state index contributed by atoms with van der Waals surface area (Å²) in [6.45, 7) is 7.25. The van der Waals surface area contributed by atoms with Gasteiger partial charge in [0.15, 0.2) is 12.4 Å². The topological polar surface area (TPSA) is 114 Å². The lowest BCUT2D eigenvalue weighted by Crippen LogP contribution is -2.71.